The van der Waals surface area contributed by atoms with Crippen LogP contribution in [0.5, 0.6) is 11.5 Å². The molecule has 0 fully saturated rings. The molecule has 2 heterocycles. The van der Waals surface area contributed by atoms with Gasteiger partial charge in [-0.2, -0.15) is 0 Å². The summed E-state index contributed by atoms with van der Waals surface area (Å²) in [6.07, 6.45) is 0. The number of fused-ring (bicyclic) bond motifs is 3. The van der Waals surface area contributed by atoms with E-state index in [1.165, 1.54) is 11.1 Å². The van der Waals surface area contributed by atoms with Crippen molar-refractivity contribution in [2.24, 2.45) is 0 Å². The lowest BCUT2D eigenvalue weighted by Crippen LogP contribution is -2.34. The number of aromatic nitrogens is 2. The van der Waals surface area contributed by atoms with Crippen LogP contribution in [0.2, 0.25) is 0 Å². The second-order valence-electron chi connectivity index (χ2n) is 10.5. The van der Waals surface area contributed by atoms with Crippen molar-refractivity contribution in [2.75, 3.05) is 0 Å². The van der Waals surface area contributed by atoms with E-state index in [-0.39, 0.29) is 0 Å². The largest absolute Gasteiger partial charge is 0.457 e. The molecule has 0 aliphatic carbocycles. The molecule has 0 N–H and O–H groups in total. The van der Waals surface area contributed by atoms with Crippen LogP contribution >= 0.6 is 0 Å². The number of benzene rings is 6. The lowest BCUT2D eigenvalue weighted by atomic mass is 9.62. The van der Waals surface area contributed by atoms with E-state index in [1.54, 1.807) is 0 Å². The summed E-state index contributed by atoms with van der Waals surface area (Å²) in [6, 6.07) is 54.7. The minimum atomic E-state index is -0.651. The van der Waals surface area contributed by atoms with Gasteiger partial charge in [0.2, 0.25) is 0 Å². The third-order valence-corrected chi connectivity index (χ3v) is 8.22. The van der Waals surface area contributed by atoms with Crippen LogP contribution in [-0.4, -0.2) is 9.97 Å². The summed E-state index contributed by atoms with van der Waals surface area (Å²) in [5.74, 6) is 2.37. The maximum Gasteiger partial charge on any atom is 0.160 e. The van der Waals surface area contributed by atoms with Gasteiger partial charge in [0.15, 0.2) is 5.82 Å². The highest BCUT2D eigenvalue weighted by molar-refractivity contribution is 5.96. The van der Waals surface area contributed by atoms with Gasteiger partial charge in [0.1, 0.15) is 11.5 Å². The van der Waals surface area contributed by atoms with Crippen molar-refractivity contribution in [3.05, 3.63) is 180 Å². The fourth-order valence-corrected chi connectivity index (χ4v) is 6.46. The molecule has 0 spiro atoms. The number of nitrogens with zero attached hydrogens (tertiary/aromatic N) is 2. The third kappa shape index (κ3) is 3.68. The predicted molar refractivity (Wildman–Crippen MR) is 169 cm³/mol. The number of hydrogen-bond acceptors (Lipinski definition) is 3. The van der Waals surface area contributed by atoms with Gasteiger partial charge in [-0.25, -0.2) is 9.97 Å². The Morgan fingerprint density at radius 3 is 1.81 bits per heavy atom. The quantitative estimate of drug-likeness (QED) is 0.224. The Bertz CT molecular complexity index is 2010. The standard InChI is InChI=1S/C39H26N2O/c1-4-15-27(16-5-1)38-40-33-24-12-10-21-30(33)37(41-38)31-22-14-26-35-36(31)39(28-17-6-2-7-18-28,29-19-8-3-9-20-29)32-23-11-13-25-34(32)42-35/h1-26H. The monoisotopic (exact) mass is 538 g/mol. The van der Waals surface area contributed by atoms with Crippen LogP contribution < -0.4 is 4.74 Å². The highest BCUT2D eigenvalue weighted by atomic mass is 16.5. The lowest BCUT2D eigenvalue weighted by molar-refractivity contribution is 0.435. The zero-order valence-electron chi connectivity index (χ0n) is 22.8. The van der Waals surface area contributed by atoms with E-state index in [9.17, 15) is 0 Å². The van der Waals surface area contributed by atoms with Crippen molar-refractivity contribution in [1.29, 1.82) is 0 Å². The maximum absolute atomic E-state index is 6.72. The summed E-state index contributed by atoms with van der Waals surface area (Å²) in [5.41, 5.74) is 7.65. The lowest BCUT2D eigenvalue weighted by Gasteiger charge is -2.42. The Morgan fingerprint density at radius 1 is 0.476 bits per heavy atom. The maximum atomic E-state index is 6.72. The van der Waals surface area contributed by atoms with Crippen molar-refractivity contribution in [3.8, 4) is 34.1 Å². The van der Waals surface area contributed by atoms with E-state index in [0.29, 0.717) is 5.82 Å². The van der Waals surface area contributed by atoms with Crippen molar-refractivity contribution < 1.29 is 4.74 Å². The van der Waals surface area contributed by atoms with Crippen molar-refractivity contribution in [1.82, 2.24) is 9.97 Å². The molecule has 6 aromatic carbocycles. The van der Waals surface area contributed by atoms with Crippen LogP contribution in [0, 0.1) is 0 Å². The molecule has 42 heavy (non-hydrogen) atoms. The second-order valence-corrected chi connectivity index (χ2v) is 10.5. The molecule has 1 aliphatic heterocycles. The van der Waals surface area contributed by atoms with Crippen molar-refractivity contribution >= 4 is 10.9 Å². The van der Waals surface area contributed by atoms with Gasteiger partial charge < -0.3 is 4.74 Å². The van der Waals surface area contributed by atoms with Gasteiger partial charge in [0, 0.05) is 27.6 Å². The van der Waals surface area contributed by atoms with Gasteiger partial charge >= 0.3 is 0 Å². The van der Waals surface area contributed by atoms with Gasteiger partial charge in [-0.15, -0.1) is 0 Å². The first-order valence-corrected chi connectivity index (χ1v) is 14.2. The molecular weight excluding hydrogens is 512 g/mol. The highest BCUT2D eigenvalue weighted by Gasteiger charge is 2.47. The van der Waals surface area contributed by atoms with Crippen LogP contribution in [0.1, 0.15) is 22.3 Å². The first kappa shape index (κ1) is 24.3. The first-order chi connectivity index (χ1) is 20.8. The Labute approximate surface area is 244 Å². The molecule has 1 aliphatic rings. The van der Waals surface area contributed by atoms with E-state index in [0.717, 1.165) is 50.3 Å². The summed E-state index contributed by atoms with van der Waals surface area (Å²) in [6.45, 7) is 0. The first-order valence-electron chi connectivity index (χ1n) is 14.2. The van der Waals surface area contributed by atoms with Crippen molar-refractivity contribution in [2.45, 2.75) is 5.41 Å². The average Bonchev–Trinajstić information content (AvgIpc) is 3.07. The molecule has 0 bridgehead atoms. The van der Waals surface area contributed by atoms with Crippen LogP contribution in [0.15, 0.2) is 158 Å². The zero-order chi connectivity index (χ0) is 27.9. The Morgan fingerprint density at radius 2 is 1.07 bits per heavy atom. The van der Waals surface area contributed by atoms with Crippen LogP contribution in [0.4, 0.5) is 0 Å². The summed E-state index contributed by atoms with van der Waals surface area (Å²) >= 11 is 0. The SMILES string of the molecule is c1ccc(-c2nc(-c3cccc4c3C(c3ccccc3)(c3ccccc3)c3ccccc3O4)c3ccccc3n2)cc1. The predicted octanol–water partition coefficient (Wildman–Crippen LogP) is 9.45. The molecule has 0 amide bonds. The number of para-hydroxylation sites is 2. The Balaban J connectivity index is 1.53. The molecule has 1 aromatic heterocycles. The van der Waals surface area contributed by atoms with Crippen LogP contribution in [0.25, 0.3) is 33.5 Å². The normalized spacial score (nSPS) is 13.1. The Kier molecular flexibility index (Phi) is 5.68. The van der Waals surface area contributed by atoms with E-state index in [4.69, 9.17) is 14.7 Å². The van der Waals surface area contributed by atoms with Gasteiger partial charge in [0.05, 0.1) is 16.6 Å². The molecule has 198 valence electrons. The topological polar surface area (TPSA) is 35.0 Å². The third-order valence-electron chi connectivity index (χ3n) is 8.22. The van der Waals surface area contributed by atoms with E-state index in [1.807, 2.05) is 30.3 Å². The summed E-state index contributed by atoms with van der Waals surface area (Å²) in [7, 11) is 0. The fourth-order valence-electron chi connectivity index (χ4n) is 6.46. The van der Waals surface area contributed by atoms with Crippen molar-refractivity contribution in [3.63, 3.8) is 0 Å². The second kappa shape index (κ2) is 9.83. The van der Waals surface area contributed by atoms with Gasteiger partial charge in [-0.3, -0.25) is 0 Å². The number of rotatable bonds is 4. The van der Waals surface area contributed by atoms with E-state index in [2.05, 4.69) is 127 Å². The minimum Gasteiger partial charge on any atom is -0.457 e. The molecule has 0 atom stereocenters. The van der Waals surface area contributed by atoms with E-state index < -0.39 is 5.41 Å². The highest BCUT2D eigenvalue weighted by Crippen LogP contribution is 2.57. The molecule has 7 aromatic rings. The van der Waals surface area contributed by atoms with E-state index >= 15 is 0 Å². The molecule has 3 nitrogen and oxygen atoms in total. The summed E-state index contributed by atoms with van der Waals surface area (Å²) < 4.78 is 6.72. The molecule has 8 rings (SSSR count). The molecule has 0 saturated heterocycles. The fraction of sp³-hybridized carbons (Fsp3) is 0.0256. The molecule has 3 heteroatoms. The average molecular weight is 539 g/mol. The Hall–Kier alpha value is -5.54. The van der Waals surface area contributed by atoms with Crippen LogP contribution in [0.3, 0.4) is 0 Å². The molecule has 0 radical (unpaired) electrons. The molecule has 0 saturated carbocycles. The number of hydrogen-bond donors (Lipinski definition) is 0. The van der Waals surface area contributed by atoms with Gasteiger partial charge in [0.25, 0.3) is 0 Å². The van der Waals surface area contributed by atoms with Gasteiger partial charge in [-0.05, 0) is 29.3 Å². The van der Waals surface area contributed by atoms with Crippen LogP contribution in [-0.2, 0) is 5.41 Å². The number of ether oxygens (including phenoxy) is 1. The summed E-state index contributed by atoms with van der Waals surface area (Å²) in [4.78, 5) is 10.3. The zero-order valence-corrected chi connectivity index (χ0v) is 22.8. The molecule has 0 unspecified atom stereocenters. The van der Waals surface area contributed by atoms with Gasteiger partial charge in [-0.1, -0.05) is 140 Å². The smallest absolute Gasteiger partial charge is 0.160 e. The minimum absolute atomic E-state index is 0.651. The summed E-state index contributed by atoms with van der Waals surface area (Å²) in [5, 5.41) is 1.000. The molecular formula is C39H26N2O.